The predicted octanol–water partition coefficient (Wildman–Crippen LogP) is 9.25. The number of aliphatic hydroxyl groups excluding tert-OH is 1. The molecule has 372 valence electrons. The molecule has 0 aliphatic carbocycles. The van der Waals surface area contributed by atoms with Crippen LogP contribution in [0.15, 0.2) is 102 Å². The summed E-state index contributed by atoms with van der Waals surface area (Å²) in [5.41, 5.74) is 11.4. The molecule has 3 aliphatic heterocycles. The van der Waals surface area contributed by atoms with E-state index in [1.54, 1.807) is 38.5 Å². The van der Waals surface area contributed by atoms with Gasteiger partial charge in [-0.25, -0.2) is 9.97 Å². The smallest absolute Gasteiger partial charge is 0.248 e. The fourth-order valence-corrected chi connectivity index (χ4v) is 12.4. The molecule has 10 rings (SSSR count). The number of halogens is 1. The van der Waals surface area contributed by atoms with Gasteiger partial charge in [0.25, 0.3) is 0 Å². The number of fused-ring (bicyclic) bond motifs is 3. The van der Waals surface area contributed by atoms with Gasteiger partial charge in [0.1, 0.15) is 28.7 Å². The van der Waals surface area contributed by atoms with Crippen LogP contribution in [0.3, 0.4) is 0 Å². The Labute approximate surface area is 432 Å². The molecule has 7 aromatic rings. The quantitative estimate of drug-likeness (QED) is 0.114. The van der Waals surface area contributed by atoms with E-state index in [1.165, 1.54) is 4.88 Å². The molecule has 0 unspecified atom stereocenters. The number of thiophene rings is 1. The van der Waals surface area contributed by atoms with Crippen LogP contribution in [-0.4, -0.2) is 112 Å². The Bertz CT molecular complexity index is 3170. The second-order valence-corrected chi connectivity index (χ2v) is 22.0. The van der Waals surface area contributed by atoms with Crippen LogP contribution in [0.4, 0.5) is 5.82 Å². The molecule has 2 fully saturated rings. The minimum atomic E-state index is -0.669. The second kappa shape index (κ2) is 20.2. The summed E-state index contributed by atoms with van der Waals surface area (Å²) in [4.78, 5) is 51.5. The van der Waals surface area contributed by atoms with E-state index in [4.69, 9.17) is 26.7 Å². The topological polar surface area (TPSA) is 163 Å². The maximum atomic E-state index is 14.5. The number of hydrogen-bond donors (Lipinski definition) is 2. The largest absolute Gasteiger partial charge is 0.391 e. The van der Waals surface area contributed by atoms with Gasteiger partial charge >= 0.3 is 0 Å². The molecule has 15 nitrogen and oxygen atoms in total. The van der Waals surface area contributed by atoms with E-state index in [1.807, 2.05) is 86.9 Å². The number of aromatic nitrogens is 7. The summed E-state index contributed by atoms with van der Waals surface area (Å²) in [6, 6.07) is 18.6. The third kappa shape index (κ3) is 9.50. The molecule has 0 radical (unpaired) electrons. The molecule has 0 saturated carbocycles. The number of aliphatic imine (C=N–C) groups is 1. The van der Waals surface area contributed by atoms with Gasteiger partial charge in [-0.2, -0.15) is 5.10 Å². The van der Waals surface area contributed by atoms with Crippen LogP contribution in [0.25, 0.3) is 26.6 Å². The highest BCUT2D eigenvalue weighted by Gasteiger charge is 2.41. The lowest BCUT2D eigenvalue weighted by Gasteiger charge is -2.35. The Balaban J connectivity index is 0.777. The molecule has 18 heteroatoms. The van der Waals surface area contributed by atoms with Gasteiger partial charge in [-0.15, -0.1) is 32.9 Å². The molecule has 8 heterocycles. The maximum Gasteiger partial charge on any atom is 0.248 e. The van der Waals surface area contributed by atoms with Crippen LogP contribution in [0.1, 0.15) is 96.2 Å². The zero-order valence-electron chi connectivity index (χ0n) is 41.6. The molecule has 3 aliphatic rings. The van der Waals surface area contributed by atoms with Crippen LogP contribution in [0.2, 0.25) is 5.02 Å². The lowest BCUT2D eigenvalue weighted by molar-refractivity contribution is -0.137. The molecular formula is C54H59ClN12O3S2. The molecule has 5 atom stereocenters. The molecule has 2 aromatic carbocycles. The van der Waals surface area contributed by atoms with Crippen LogP contribution >= 0.6 is 34.3 Å². The summed E-state index contributed by atoms with van der Waals surface area (Å²) in [7, 11) is 0. The number of benzene rings is 2. The number of aryl methyl sites for hydroxylation is 3. The first-order chi connectivity index (χ1) is 34.6. The third-order valence-corrected chi connectivity index (χ3v) is 16.7. The standard InChI is InChI=1S/C54H59ClN12O3S2/c1-30(2)50(53(70)65-28-43(68)23-45(65)33(5)59-32(4)37-9-11-39(12-10-37)51-34(6)57-29-71-51)66-27-41(26-58-66)40-15-18-46(56-25-40)63-19-21-64(22-20-63)47(69)24-44-52-62-61-36(8)67(52)54-48(31(3)35(7)72-54)49(60-44)38-13-16-42(55)17-14-38/h9-18,25-27,29-30,32,43-45,50,59,68H,5,19-24,28H2,1-4,6-8H3/t32-,43+,44-,45-,50+/m0/s1. The summed E-state index contributed by atoms with van der Waals surface area (Å²) >= 11 is 9.63. The van der Waals surface area contributed by atoms with E-state index in [0.717, 1.165) is 71.9 Å². The van der Waals surface area contributed by atoms with Gasteiger partial charge in [-0.1, -0.05) is 68.4 Å². The second-order valence-electron chi connectivity index (χ2n) is 19.5. The number of aliphatic hydroxyl groups is 1. The Hall–Kier alpha value is -6.53. The molecule has 5 aromatic heterocycles. The Morgan fingerprint density at radius 3 is 2.29 bits per heavy atom. The maximum absolute atomic E-state index is 14.5. The zero-order valence-corrected chi connectivity index (χ0v) is 44.0. The van der Waals surface area contributed by atoms with Crippen molar-refractivity contribution < 1.29 is 14.7 Å². The number of pyridine rings is 1. The predicted molar refractivity (Wildman–Crippen MR) is 285 cm³/mol. The summed E-state index contributed by atoms with van der Waals surface area (Å²) in [5, 5.41) is 29.9. The number of hydrogen-bond acceptors (Lipinski definition) is 13. The average Bonchev–Trinajstić information content (AvgIpc) is 4.22. The van der Waals surface area contributed by atoms with E-state index in [-0.39, 0.29) is 42.8 Å². The van der Waals surface area contributed by atoms with Crippen LogP contribution < -0.4 is 10.2 Å². The number of anilines is 1. The number of β-amino-alcohol motifs (C(OH)–C–C–N with tert-alkyl or cyclic N) is 1. The number of thiazole rings is 1. The van der Waals surface area contributed by atoms with Crippen molar-refractivity contribution in [2.75, 3.05) is 37.6 Å². The normalized spacial score (nSPS) is 18.7. The Kier molecular flexibility index (Phi) is 13.7. The lowest BCUT2D eigenvalue weighted by atomic mass is 9.99. The monoisotopic (exact) mass is 1020 g/mol. The van der Waals surface area contributed by atoms with Gasteiger partial charge < -0.3 is 25.1 Å². The first-order valence-electron chi connectivity index (χ1n) is 24.5. The Morgan fingerprint density at radius 1 is 0.889 bits per heavy atom. The molecular weight excluding hydrogens is 964 g/mol. The van der Waals surface area contributed by atoms with Crippen molar-refractivity contribution in [2.45, 2.75) is 91.6 Å². The van der Waals surface area contributed by atoms with Crippen LogP contribution in [0, 0.1) is 33.6 Å². The van der Waals surface area contributed by atoms with Crippen molar-refractivity contribution in [1.82, 2.24) is 49.6 Å². The number of likely N-dealkylation sites (tertiary alicyclic amines) is 1. The van der Waals surface area contributed by atoms with Gasteiger partial charge in [-0.05, 0) is 81.5 Å². The molecule has 2 amide bonds. The third-order valence-electron chi connectivity index (χ3n) is 14.3. The first kappa shape index (κ1) is 49.1. The fraction of sp³-hybridized carbons (Fsp3) is 0.370. The van der Waals surface area contributed by atoms with Crippen molar-refractivity contribution in [3.63, 3.8) is 0 Å². The van der Waals surface area contributed by atoms with Crippen LogP contribution in [0.5, 0.6) is 0 Å². The van der Waals surface area contributed by atoms with Gasteiger partial charge in [0.05, 0.1) is 46.6 Å². The highest BCUT2D eigenvalue weighted by atomic mass is 35.5. The van der Waals surface area contributed by atoms with E-state index in [0.29, 0.717) is 49.1 Å². The number of nitrogens with zero attached hydrogens (tertiary/aromatic N) is 11. The number of rotatable bonds is 13. The number of amides is 2. The van der Waals surface area contributed by atoms with Gasteiger partial charge in [0.2, 0.25) is 11.8 Å². The van der Waals surface area contributed by atoms with E-state index in [2.05, 4.69) is 81.6 Å². The number of carbonyl (C=O) groups is 2. The number of nitrogens with one attached hydrogen (secondary N) is 1. The van der Waals surface area contributed by atoms with E-state index >= 15 is 0 Å². The summed E-state index contributed by atoms with van der Waals surface area (Å²) < 4.78 is 3.82. The van der Waals surface area contributed by atoms with E-state index < -0.39 is 18.2 Å². The average molecular weight is 1020 g/mol. The lowest BCUT2D eigenvalue weighted by Crippen LogP contribution is -2.49. The van der Waals surface area contributed by atoms with Crippen molar-refractivity contribution in [3.05, 3.63) is 147 Å². The number of piperazine rings is 1. The van der Waals surface area contributed by atoms with Gasteiger partial charge in [0.15, 0.2) is 5.82 Å². The fourth-order valence-electron chi connectivity index (χ4n) is 10.2. The minimum absolute atomic E-state index is 0.00982. The highest BCUT2D eigenvalue weighted by molar-refractivity contribution is 7.15. The van der Waals surface area contributed by atoms with Gasteiger partial charge in [0, 0.05) is 95.4 Å². The summed E-state index contributed by atoms with van der Waals surface area (Å²) in [5.74, 6) is 2.04. The van der Waals surface area contributed by atoms with Crippen molar-refractivity contribution >= 4 is 57.6 Å². The SMILES string of the molecule is C=C(N[C@@H](C)c1ccc(-c2scnc2C)cc1)[C@@H]1C[C@@H](O)CN1C(=O)[C@@H](C(C)C)n1cc(-c2ccc(N3CCN(C(=O)C[C@@H]4N=C(c5ccc(Cl)cc5)c5c(sc(C)c5C)-n5c(C)nnc54)CC3)nc2)cn1. The number of carbonyl (C=O) groups excluding carboxylic acids is 2. The van der Waals surface area contributed by atoms with E-state index in [9.17, 15) is 14.7 Å². The van der Waals surface area contributed by atoms with Crippen molar-refractivity contribution in [1.29, 1.82) is 0 Å². The molecule has 0 spiro atoms. The zero-order chi connectivity index (χ0) is 50.5. The molecule has 0 bridgehead atoms. The molecule has 72 heavy (non-hydrogen) atoms. The summed E-state index contributed by atoms with van der Waals surface area (Å²) in [6.07, 6.45) is 5.39. The first-order valence-corrected chi connectivity index (χ1v) is 26.5. The Morgan fingerprint density at radius 2 is 1.61 bits per heavy atom. The highest BCUT2D eigenvalue weighted by Crippen LogP contribution is 2.40. The minimum Gasteiger partial charge on any atom is -0.391 e. The summed E-state index contributed by atoms with van der Waals surface area (Å²) in [6.45, 7) is 21.2. The molecule has 2 saturated heterocycles. The van der Waals surface area contributed by atoms with Gasteiger partial charge in [-0.3, -0.25) is 23.8 Å². The van der Waals surface area contributed by atoms with Crippen molar-refractivity contribution in [2.24, 2.45) is 10.9 Å². The van der Waals surface area contributed by atoms with Crippen LogP contribution in [-0.2, 0) is 9.59 Å². The van der Waals surface area contributed by atoms with Crippen molar-refractivity contribution in [3.8, 4) is 26.6 Å². The molecule has 2 N–H and O–H groups in total.